The Bertz CT molecular complexity index is 552. The average Bonchev–Trinajstić information content (AvgIpc) is 3.01. The second-order valence-corrected chi connectivity index (χ2v) is 6.25. The third kappa shape index (κ3) is 2.04. The van der Waals surface area contributed by atoms with E-state index in [1.165, 1.54) is 24.8 Å². The van der Waals surface area contributed by atoms with E-state index < -0.39 is 0 Å². The number of aromatic nitrogens is 2. The van der Waals surface area contributed by atoms with Crippen molar-refractivity contribution >= 4 is 34.4 Å². The first-order valence-corrected chi connectivity index (χ1v) is 8.20. The summed E-state index contributed by atoms with van der Waals surface area (Å²) in [4.78, 5) is 4.65. The van der Waals surface area contributed by atoms with Crippen LogP contribution in [0.25, 0.3) is 11.0 Å². The summed E-state index contributed by atoms with van der Waals surface area (Å²) < 4.78 is 2.37. The zero-order valence-electron chi connectivity index (χ0n) is 10.5. The van der Waals surface area contributed by atoms with Crippen molar-refractivity contribution in [2.75, 3.05) is 6.26 Å². The highest BCUT2D eigenvalue weighted by molar-refractivity contribution is 7.99. The minimum absolute atomic E-state index is 0.495. The summed E-state index contributed by atoms with van der Waals surface area (Å²) in [7, 11) is 0. The normalized spacial score (nSPS) is 23.9. The number of para-hydroxylation sites is 2. The monoisotopic (exact) mass is 280 g/mol. The molecule has 1 saturated carbocycles. The van der Waals surface area contributed by atoms with Gasteiger partial charge in [-0.2, -0.15) is 11.8 Å². The van der Waals surface area contributed by atoms with Crippen molar-refractivity contribution in [3.05, 3.63) is 30.1 Å². The molecule has 0 saturated heterocycles. The number of fused-ring (bicyclic) bond motifs is 1. The Labute approximate surface area is 117 Å². The predicted octanol–water partition coefficient (Wildman–Crippen LogP) is 4.23. The molecular formula is C14H17ClN2S. The molecule has 2 aromatic rings. The highest BCUT2D eigenvalue weighted by Gasteiger charge is 2.27. The molecule has 2 atom stereocenters. The Kier molecular flexibility index (Phi) is 3.53. The number of thioether (sulfide) groups is 1. The molecule has 0 spiro atoms. The molecule has 1 aliphatic rings. The van der Waals surface area contributed by atoms with Crippen LogP contribution in [0.4, 0.5) is 0 Å². The Balaban J connectivity index is 2.04. The zero-order chi connectivity index (χ0) is 12.5. The van der Waals surface area contributed by atoms with Crippen LogP contribution in [0.5, 0.6) is 0 Å². The molecule has 96 valence electrons. The van der Waals surface area contributed by atoms with Crippen molar-refractivity contribution in [1.29, 1.82) is 0 Å². The minimum atomic E-state index is 0.495. The molecule has 1 heterocycles. The number of alkyl halides is 1. The molecule has 2 unspecified atom stereocenters. The Morgan fingerprint density at radius 2 is 2.22 bits per heavy atom. The van der Waals surface area contributed by atoms with Gasteiger partial charge in [-0.3, -0.25) is 0 Å². The number of hydrogen-bond donors (Lipinski definition) is 0. The number of nitrogens with zero attached hydrogens (tertiary/aromatic N) is 2. The van der Waals surface area contributed by atoms with Crippen LogP contribution in [0.15, 0.2) is 24.3 Å². The molecule has 18 heavy (non-hydrogen) atoms. The fraction of sp³-hybridized carbons (Fsp3) is 0.500. The van der Waals surface area contributed by atoms with Gasteiger partial charge in [0.25, 0.3) is 0 Å². The van der Waals surface area contributed by atoms with Gasteiger partial charge in [-0.25, -0.2) is 4.98 Å². The highest BCUT2D eigenvalue weighted by Crippen LogP contribution is 2.38. The van der Waals surface area contributed by atoms with Crippen molar-refractivity contribution in [2.24, 2.45) is 0 Å². The first-order valence-electron chi connectivity index (χ1n) is 6.38. The maximum Gasteiger partial charge on any atom is 0.125 e. The third-order valence-electron chi connectivity index (χ3n) is 3.84. The van der Waals surface area contributed by atoms with E-state index in [1.54, 1.807) is 0 Å². The maximum atomic E-state index is 6.06. The van der Waals surface area contributed by atoms with E-state index >= 15 is 0 Å². The predicted molar refractivity (Wildman–Crippen MR) is 79.5 cm³/mol. The largest absolute Gasteiger partial charge is 0.324 e. The fourth-order valence-electron chi connectivity index (χ4n) is 2.96. The van der Waals surface area contributed by atoms with Gasteiger partial charge in [0.15, 0.2) is 0 Å². The maximum absolute atomic E-state index is 6.06. The number of halogens is 1. The smallest absolute Gasteiger partial charge is 0.125 e. The standard InChI is InChI=1S/C14H17ClN2S/c1-18-11-7-6-10(8-11)17-13-5-3-2-4-12(13)16-14(17)9-15/h2-5,10-11H,6-9H2,1H3. The molecule has 0 bridgehead atoms. The first-order chi connectivity index (χ1) is 8.83. The Hall–Kier alpha value is -0.670. The average molecular weight is 281 g/mol. The number of rotatable bonds is 3. The van der Waals surface area contributed by atoms with Gasteiger partial charge in [-0.15, -0.1) is 11.6 Å². The number of hydrogen-bond acceptors (Lipinski definition) is 2. The van der Waals surface area contributed by atoms with Crippen LogP contribution in [-0.4, -0.2) is 21.1 Å². The van der Waals surface area contributed by atoms with Crippen LogP contribution in [-0.2, 0) is 5.88 Å². The Morgan fingerprint density at radius 3 is 2.94 bits per heavy atom. The molecule has 1 aliphatic carbocycles. The van der Waals surface area contributed by atoms with Crippen molar-refractivity contribution in [2.45, 2.75) is 36.4 Å². The zero-order valence-corrected chi connectivity index (χ0v) is 12.0. The summed E-state index contributed by atoms with van der Waals surface area (Å²) >= 11 is 8.05. The molecule has 0 N–H and O–H groups in total. The van der Waals surface area contributed by atoms with Gasteiger partial charge in [0.05, 0.1) is 16.9 Å². The van der Waals surface area contributed by atoms with Crippen molar-refractivity contribution in [3.63, 3.8) is 0 Å². The van der Waals surface area contributed by atoms with Crippen molar-refractivity contribution in [3.8, 4) is 0 Å². The van der Waals surface area contributed by atoms with E-state index in [-0.39, 0.29) is 0 Å². The van der Waals surface area contributed by atoms with Crippen LogP contribution in [0.1, 0.15) is 31.1 Å². The topological polar surface area (TPSA) is 17.8 Å². The molecule has 1 fully saturated rings. The van der Waals surface area contributed by atoms with E-state index in [4.69, 9.17) is 11.6 Å². The second kappa shape index (κ2) is 5.14. The summed E-state index contributed by atoms with van der Waals surface area (Å²) in [6.45, 7) is 0. The summed E-state index contributed by atoms with van der Waals surface area (Å²) in [5.41, 5.74) is 2.31. The van der Waals surface area contributed by atoms with Crippen LogP contribution in [0, 0.1) is 0 Å². The molecule has 3 rings (SSSR count). The van der Waals surface area contributed by atoms with Crippen LogP contribution < -0.4 is 0 Å². The molecule has 0 amide bonds. The Morgan fingerprint density at radius 1 is 1.39 bits per heavy atom. The van der Waals surface area contributed by atoms with E-state index in [0.717, 1.165) is 16.6 Å². The van der Waals surface area contributed by atoms with Gasteiger partial charge < -0.3 is 4.57 Å². The molecule has 0 aliphatic heterocycles. The summed E-state index contributed by atoms with van der Waals surface area (Å²) in [6, 6.07) is 8.92. The van der Waals surface area contributed by atoms with Crippen LogP contribution in [0.2, 0.25) is 0 Å². The van der Waals surface area contributed by atoms with Crippen molar-refractivity contribution < 1.29 is 0 Å². The van der Waals surface area contributed by atoms with Gasteiger partial charge in [0.2, 0.25) is 0 Å². The SMILES string of the molecule is CSC1CCC(n2c(CCl)nc3ccccc32)C1. The first kappa shape index (κ1) is 12.4. The lowest BCUT2D eigenvalue weighted by molar-refractivity contribution is 0.519. The highest BCUT2D eigenvalue weighted by atomic mass is 35.5. The molecule has 1 aromatic heterocycles. The lowest BCUT2D eigenvalue weighted by atomic mass is 10.2. The molecular weight excluding hydrogens is 264 g/mol. The number of imidazole rings is 1. The van der Waals surface area contributed by atoms with E-state index in [2.05, 4.69) is 34.0 Å². The summed E-state index contributed by atoms with van der Waals surface area (Å²) in [5.74, 6) is 1.51. The van der Waals surface area contributed by atoms with Gasteiger partial charge >= 0.3 is 0 Å². The van der Waals surface area contributed by atoms with E-state index in [9.17, 15) is 0 Å². The lowest BCUT2D eigenvalue weighted by Crippen LogP contribution is -2.09. The van der Waals surface area contributed by atoms with E-state index in [1.807, 2.05) is 17.8 Å². The summed E-state index contributed by atoms with van der Waals surface area (Å²) in [5, 5.41) is 0.791. The molecule has 2 nitrogen and oxygen atoms in total. The second-order valence-electron chi connectivity index (χ2n) is 4.84. The van der Waals surface area contributed by atoms with Gasteiger partial charge in [0.1, 0.15) is 5.82 Å². The van der Waals surface area contributed by atoms with Crippen molar-refractivity contribution in [1.82, 2.24) is 9.55 Å². The van der Waals surface area contributed by atoms with Gasteiger partial charge in [-0.05, 0) is 37.7 Å². The third-order valence-corrected chi connectivity index (χ3v) is 5.18. The van der Waals surface area contributed by atoms with Crippen LogP contribution >= 0.6 is 23.4 Å². The van der Waals surface area contributed by atoms with Gasteiger partial charge in [0, 0.05) is 11.3 Å². The van der Waals surface area contributed by atoms with Crippen LogP contribution in [0.3, 0.4) is 0 Å². The molecule has 0 radical (unpaired) electrons. The molecule has 4 heteroatoms. The molecule has 1 aromatic carbocycles. The fourth-order valence-corrected chi connectivity index (χ4v) is 3.94. The minimum Gasteiger partial charge on any atom is -0.324 e. The number of benzene rings is 1. The van der Waals surface area contributed by atoms with E-state index in [0.29, 0.717) is 11.9 Å². The lowest BCUT2D eigenvalue weighted by Gasteiger charge is -2.16. The quantitative estimate of drug-likeness (QED) is 0.783. The summed E-state index contributed by atoms with van der Waals surface area (Å²) in [6.07, 6.45) is 6.00. The van der Waals surface area contributed by atoms with Gasteiger partial charge in [-0.1, -0.05) is 12.1 Å².